The van der Waals surface area contributed by atoms with Gasteiger partial charge in [-0.05, 0) is 166 Å². The predicted octanol–water partition coefficient (Wildman–Crippen LogP) is 8.12. The number of carbonyl (C=O) groups is 9. The van der Waals surface area contributed by atoms with E-state index in [2.05, 4.69) is 0 Å². The van der Waals surface area contributed by atoms with Crippen LogP contribution in [-0.4, -0.2) is 105 Å². The fourth-order valence-corrected chi connectivity index (χ4v) is 17.4. The molecule has 0 aromatic rings. The molecule has 8 bridgehead atoms. The minimum absolute atomic E-state index is 0.0806. The van der Waals surface area contributed by atoms with Crippen molar-refractivity contribution in [1.82, 2.24) is 9.80 Å². The van der Waals surface area contributed by atoms with Crippen molar-refractivity contribution in [2.24, 2.45) is 70.0 Å². The first-order valence-corrected chi connectivity index (χ1v) is 28.9. The van der Waals surface area contributed by atoms with Crippen LogP contribution >= 0.6 is 0 Å². The van der Waals surface area contributed by atoms with Crippen LogP contribution < -0.4 is 0 Å². The Kier molecular flexibility index (Phi) is 14.6. The number of amides is 4. The van der Waals surface area contributed by atoms with E-state index in [1.807, 2.05) is 34.6 Å². The minimum atomic E-state index is -0.606. The van der Waals surface area contributed by atoms with Crippen LogP contribution in [0.4, 0.5) is 0 Å². The molecular weight excluding hydrogens is 949 g/mol. The van der Waals surface area contributed by atoms with Crippen molar-refractivity contribution in [3.63, 3.8) is 0 Å². The SMILES string of the molecule is CC1C(=O)N(C2CCC(C(=O)OC34CC5CC(C3)CC(C(=O)OC3CCCC(=O)C3)(C5)C4)CC2)C(=O)C1C.CCOC(C)OC(=O)C12CC3CC(CC(OC(=O)C4CCC(N5C(=O)C(C)C(C)C5=O)CC4)(C3)C1)C2. The highest BCUT2D eigenvalue weighted by Crippen LogP contribution is 2.65. The maximum atomic E-state index is 13.5. The molecule has 2 aliphatic heterocycles. The summed E-state index contributed by atoms with van der Waals surface area (Å²) in [6.45, 7) is 11.4. The molecule has 0 N–H and O–H groups in total. The first kappa shape index (κ1) is 53.2. The lowest BCUT2D eigenvalue weighted by atomic mass is 9.48. The number of esters is 4. The fraction of sp³-hybridized carbons (Fsp3) is 0.845. The maximum Gasteiger partial charge on any atom is 0.314 e. The fourth-order valence-electron chi connectivity index (χ4n) is 17.4. The van der Waals surface area contributed by atoms with Crippen molar-refractivity contribution in [2.45, 2.75) is 231 Å². The summed E-state index contributed by atoms with van der Waals surface area (Å²) in [5, 5.41) is 0. The zero-order valence-corrected chi connectivity index (χ0v) is 44.9. The highest BCUT2D eigenvalue weighted by Gasteiger charge is 2.65. The summed E-state index contributed by atoms with van der Waals surface area (Å²) in [6, 6.07) is -0.248. The molecule has 4 amide bonds. The molecular formula is C58H82N2O14. The molecule has 0 aromatic heterocycles. The van der Waals surface area contributed by atoms with Crippen molar-refractivity contribution in [3.05, 3.63) is 0 Å². The van der Waals surface area contributed by atoms with E-state index in [1.165, 1.54) is 9.80 Å². The van der Waals surface area contributed by atoms with Crippen LogP contribution in [-0.2, 0) is 66.8 Å². The Bertz CT molecular complexity index is 2210. The number of hydrogen-bond donors (Lipinski definition) is 0. The number of nitrogens with zero attached hydrogens (tertiary/aromatic N) is 2. The Labute approximate surface area is 436 Å². The van der Waals surface area contributed by atoms with Gasteiger partial charge in [0.15, 0.2) is 6.29 Å². The second-order valence-corrected chi connectivity index (χ2v) is 26.0. The van der Waals surface area contributed by atoms with Crippen LogP contribution in [0.15, 0.2) is 0 Å². The van der Waals surface area contributed by atoms with E-state index in [9.17, 15) is 43.2 Å². The van der Waals surface area contributed by atoms with Gasteiger partial charge in [0.05, 0.1) is 22.7 Å². The third kappa shape index (κ3) is 9.90. The molecule has 0 aromatic carbocycles. The number of likely N-dealkylation sites (tertiary alicyclic amines) is 2. The molecule has 11 aliphatic carbocycles. The molecule has 0 spiro atoms. The maximum absolute atomic E-state index is 13.5. The van der Waals surface area contributed by atoms with Crippen LogP contribution in [0.2, 0.25) is 0 Å². The van der Waals surface area contributed by atoms with Gasteiger partial charge in [-0.1, -0.05) is 27.7 Å². The van der Waals surface area contributed by atoms with Gasteiger partial charge in [-0.15, -0.1) is 0 Å². The first-order chi connectivity index (χ1) is 35.1. The number of rotatable bonds is 12. The quantitative estimate of drug-likeness (QED) is 0.0784. The Morgan fingerprint density at radius 1 is 0.554 bits per heavy atom. The van der Waals surface area contributed by atoms with Gasteiger partial charge in [-0.3, -0.25) is 53.0 Å². The number of hydrogen-bond acceptors (Lipinski definition) is 14. The summed E-state index contributed by atoms with van der Waals surface area (Å²) in [5.41, 5.74) is -2.38. The predicted molar refractivity (Wildman–Crippen MR) is 264 cm³/mol. The van der Waals surface area contributed by atoms with Crippen LogP contribution in [0, 0.1) is 70.0 Å². The van der Waals surface area contributed by atoms with E-state index in [-0.39, 0.29) is 107 Å². The van der Waals surface area contributed by atoms with Crippen LogP contribution in [0.5, 0.6) is 0 Å². The summed E-state index contributed by atoms with van der Waals surface area (Å²) in [7, 11) is 0. The smallest absolute Gasteiger partial charge is 0.314 e. The molecule has 16 heteroatoms. The molecule has 0 radical (unpaired) electrons. The van der Waals surface area contributed by atoms with Gasteiger partial charge in [0.2, 0.25) is 23.6 Å². The molecule has 10 atom stereocenters. The minimum Gasteiger partial charge on any atom is -0.461 e. The highest BCUT2D eigenvalue weighted by atomic mass is 16.7. The van der Waals surface area contributed by atoms with Gasteiger partial charge < -0.3 is 23.7 Å². The normalized spacial score (nSPS) is 43.5. The average Bonchev–Trinajstić information content (AvgIpc) is 3.68. The largest absolute Gasteiger partial charge is 0.461 e. The second kappa shape index (κ2) is 20.3. The van der Waals surface area contributed by atoms with Crippen molar-refractivity contribution < 1.29 is 66.8 Å². The van der Waals surface area contributed by atoms with E-state index in [0.717, 1.165) is 77.0 Å². The number of Topliss-reactive ketones (excluding diaryl/α,β-unsaturated/α-hetero) is 1. The molecule has 16 nitrogen and oxygen atoms in total. The molecule has 2 saturated heterocycles. The topological polar surface area (TPSA) is 206 Å². The number of ether oxygens (including phenoxy) is 5. The molecule has 13 fully saturated rings. The zero-order chi connectivity index (χ0) is 52.6. The number of carbonyl (C=O) groups excluding carboxylic acids is 9. The lowest BCUT2D eigenvalue weighted by molar-refractivity contribution is -0.226. The second-order valence-electron chi connectivity index (χ2n) is 26.0. The molecule has 10 unspecified atom stereocenters. The summed E-state index contributed by atoms with van der Waals surface area (Å²) >= 11 is 0. The van der Waals surface area contributed by atoms with Gasteiger partial charge in [-0.25, -0.2) is 0 Å². The van der Waals surface area contributed by atoms with Gasteiger partial charge >= 0.3 is 23.9 Å². The van der Waals surface area contributed by atoms with E-state index in [0.29, 0.717) is 107 Å². The average molecular weight is 1030 g/mol. The van der Waals surface area contributed by atoms with Gasteiger partial charge in [0, 0.05) is 68.0 Å². The summed E-state index contributed by atoms with van der Waals surface area (Å²) in [6.07, 6.45) is 16.2. The van der Waals surface area contributed by atoms with Gasteiger partial charge in [0.1, 0.15) is 23.1 Å². The van der Waals surface area contributed by atoms with Crippen molar-refractivity contribution in [1.29, 1.82) is 0 Å². The summed E-state index contributed by atoms with van der Waals surface area (Å²) in [5.74, 6) is -1.02. The van der Waals surface area contributed by atoms with Crippen molar-refractivity contribution >= 4 is 53.3 Å². The lowest BCUT2D eigenvalue weighted by Gasteiger charge is -2.60. The lowest BCUT2D eigenvalue weighted by Crippen LogP contribution is -2.60. The molecule has 13 aliphatic rings. The third-order valence-corrected chi connectivity index (χ3v) is 20.7. The number of ketones is 1. The van der Waals surface area contributed by atoms with Gasteiger partial charge in [-0.2, -0.15) is 0 Å². The van der Waals surface area contributed by atoms with Crippen molar-refractivity contribution in [3.8, 4) is 0 Å². The van der Waals surface area contributed by atoms with E-state index in [4.69, 9.17) is 23.7 Å². The van der Waals surface area contributed by atoms with E-state index >= 15 is 0 Å². The first-order valence-electron chi connectivity index (χ1n) is 28.9. The van der Waals surface area contributed by atoms with E-state index in [1.54, 1.807) is 6.92 Å². The standard InChI is InChI=1S/C30H41NO7.C28H41NO7/c1-17-18(2)26(34)31(25(17)33)22-8-6-21(7-9-22)27(35)38-30-14-19-10-20(15-30)13-29(12-19,16-30)28(36)37-24-5-3-4-23(32)11-24;1-5-34-18(4)35-26(33)27-11-19-10-20(12-27)14-28(13-19,15-27)36-25(32)21-6-8-22(9-7-21)29-23(30)16(2)17(3)24(29)31/h17-22,24H,3-16H2,1-2H3;16-22H,5-15H2,1-4H3. The van der Waals surface area contributed by atoms with Crippen molar-refractivity contribution in [2.75, 3.05) is 6.61 Å². The summed E-state index contributed by atoms with van der Waals surface area (Å²) < 4.78 is 29.8. The molecule has 13 rings (SSSR count). The Morgan fingerprint density at radius 3 is 1.32 bits per heavy atom. The van der Waals surface area contributed by atoms with Gasteiger partial charge in [0.25, 0.3) is 0 Å². The molecule has 74 heavy (non-hydrogen) atoms. The number of imide groups is 2. The Hall–Kier alpha value is -4.21. The zero-order valence-electron chi connectivity index (χ0n) is 44.9. The van der Waals surface area contributed by atoms with Crippen LogP contribution in [0.1, 0.15) is 196 Å². The Morgan fingerprint density at radius 2 is 0.946 bits per heavy atom. The van der Waals surface area contributed by atoms with E-state index < -0.39 is 28.3 Å². The highest BCUT2D eigenvalue weighted by molar-refractivity contribution is 6.05. The molecule has 2 heterocycles. The third-order valence-electron chi connectivity index (χ3n) is 20.7. The molecule has 408 valence electrons. The Balaban J connectivity index is 0.000000170. The molecule has 11 saturated carbocycles. The monoisotopic (exact) mass is 1030 g/mol. The van der Waals surface area contributed by atoms with Crippen LogP contribution in [0.25, 0.3) is 0 Å². The van der Waals surface area contributed by atoms with Crippen LogP contribution in [0.3, 0.4) is 0 Å². The summed E-state index contributed by atoms with van der Waals surface area (Å²) in [4.78, 5) is 119.